The number of amides is 1. The molecule has 138 valence electrons. The average molecular weight is 356 g/mol. The van der Waals surface area contributed by atoms with E-state index in [2.05, 4.69) is 11.5 Å². The van der Waals surface area contributed by atoms with Crippen molar-refractivity contribution in [3.8, 4) is 0 Å². The van der Waals surface area contributed by atoms with Gasteiger partial charge in [-0.25, -0.2) is 9.59 Å². The Morgan fingerprint density at radius 2 is 2.00 bits per heavy atom. The van der Waals surface area contributed by atoms with E-state index in [1.165, 1.54) is 6.07 Å². The molecule has 0 radical (unpaired) electrons. The molecule has 1 aromatic heterocycles. The lowest BCUT2D eigenvalue weighted by Gasteiger charge is -2.42. The molecule has 6 nitrogen and oxygen atoms in total. The number of hydrogen-bond donors (Lipinski definition) is 0. The molecule has 0 bridgehead atoms. The van der Waals surface area contributed by atoms with Crippen molar-refractivity contribution >= 4 is 22.7 Å². The minimum absolute atomic E-state index is 0.0999. The van der Waals surface area contributed by atoms with Crippen molar-refractivity contribution in [3.05, 3.63) is 53.0 Å². The summed E-state index contributed by atoms with van der Waals surface area (Å²) in [4.78, 5) is 27.7. The third-order valence-electron chi connectivity index (χ3n) is 4.21. The van der Waals surface area contributed by atoms with Gasteiger partial charge in [-0.3, -0.25) is 4.90 Å². The van der Waals surface area contributed by atoms with Crippen LogP contribution in [0, 0.1) is 0 Å². The quantitative estimate of drug-likeness (QED) is 0.728. The van der Waals surface area contributed by atoms with E-state index < -0.39 is 5.60 Å². The molecule has 0 saturated carbocycles. The standard InChI is InChI=1S/C20H24N2O4/c1-13-11-21(12-14(2)22(13)19(24)26-20(3,4)5)16-7-6-8-17-15(16)9-10-18(23)25-17/h6-10,14H,1,11-12H2,2-5H3/t14-/m0/s1. The first-order valence-electron chi connectivity index (χ1n) is 8.63. The van der Waals surface area contributed by atoms with E-state index in [0.717, 1.165) is 11.1 Å². The molecular formula is C20H24N2O4. The largest absolute Gasteiger partial charge is 0.443 e. The number of carbonyl (C=O) groups is 1. The number of fused-ring (bicyclic) bond motifs is 1. The Morgan fingerprint density at radius 3 is 2.65 bits per heavy atom. The van der Waals surface area contributed by atoms with Crippen LogP contribution in [0.1, 0.15) is 27.7 Å². The van der Waals surface area contributed by atoms with Crippen LogP contribution in [0.25, 0.3) is 11.0 Å². The van der Waals surface area contributed by atoms with Gasteiger partial charge in [-0.2, -0.15) is 0 Å². The number of hydrogen-bond acceptors (Lipinski definition) is 5. The van der Waals surface area contributed by atoms with Crippen LogP contribution >= 0.6 is 0 Å². The number of anilines is 1. The molecule has 1 amide bonds. The Balaban J connectivity index is 1.87. The fraction of sp³-hybridized carbons (Fsp3) is 0.400. The number of carbonyl (C=O) groups excluding carboxylic acids is 1. The van der Waals surface area contributed by atoms with Gasteiger partial charge in [-0.1, -0.05) is 12.6 Å². The number of benzene rings is 1. The molecule has 1 atom stereocenters. The molecule has 1 saturated heterocycles. The lowest BCUT2D eigenvalue weighted by atomic mass is 10.1. The first-order valence-corrected chi connectivity index (χ1v) is 8.63. The summed E-state index contributed by atoms with van der Waals surface area (Å²) in [6.07, 6.45) is -0.376. The van der Waals surface area contributed by atoms with Crippen LogP contribution in [-0.4, -0.2) is 35.7 Å². The van der Waals surface area contributed by atoms with Crippen molar-refractivity contribution in [2.75, 3.05) is 18.0 Å². The van der Waals surface area contributed by atoms with E-state index >= 15 is 0 Å². The highest BCUT2D eigenvalue weighted by molar-refractivity contribution is 5.90. The summed E-state index contributed by atoms with van der Waals surface area (Å²) in [5.74, 6) is 0. The lowest BCUT2D eigenvalue weighted by Crippen LogP contribution is -2.53. The number of ether oxygens (including phenoxy) is 1. The summed E-state index contributed by atoms with van der Waals surface area (Å²) >= 11 is 0. The molecule has 1 aliphatic rings. The Hall–Kier alpha value is -2.76. The van der Waals surface area contributed by atoms with Gasteiger partial charge in [0.1, 0.15) is 11.2 Å². The zero-order chi connectivity index (χ0) is 19.1. The van der Waals surface area contributed by atoms with Gasteiger partial charge in [0, 0.05) is 29.4 Å². The third-order valence-corrected chi connectivity index (χ3v) is 4.21. The van der Waals surface area contributed by atoms with Crippen molar-refractivity contribution in [1.82, 2.24) is 4.90 Å². The molecule has 6 heteroatoms. The number of piperazine rings is 1. The second-order valence-corrected chi connectivity index (χ2v) is 7.59. The molecule has 0 N–H and O–H groups in total. The maximum absolute atomic E-state index is 12.5. The van der Waals surface area contributed by atoms with Crippen LogP contribution in [0.15, 0.2) is 51.8 Å². The van der Waals surface area contributed by atoms with Gasteiger partial charge >= 0.3 is 11.7 Å². The third kappa shape index (κ3) is 3.59. The maximum atomic E-state index is 12.5. The van der Waals surface area contributed by atoms with Crippen LogP contribution in [0.2, 0.25) is 0 Å². The van der Waals surface area contributed by atoms with Crippen molar-refractivity contribution in [1.29, 1.82) is 0 Å². The van der Waals surface area contributed by atoms with Crippen molar-refractivity contribution < 1.29 is 13.9 Å². The Morgan fingerprint density at radius 1 is 1.27 bits per heavy atom. The van der Waals surface area contributed by atoms with E-state index in [4.69, 9.17) is 9.15 Å². The number of nitrogens with zero attached hydrogens (tertiary/aromatic N) is 2. The molecule has 1 fully saturated rings. The molecular weight excluding hydrogens is 332 g/mol. The maximum Gasteiger partial charge on any atom is 0.414 e. The van der Waals surface area contributed by atoms with E-state index in [1.807, 2.05) is 39.8 Å². The first-order chi connectivity index (χ1) is 12.2. The highest BCUT2D eigenvalue weighted by atomic mass is 16.6. The molecule has 0 aliphatic carbocycles. The van der Waals surface area contributed by atoms with Crippen LogP contribution in [0.3, 0.4) is 0 Å². The van der Waals surface area contributed by atoms with Gasteiger partial charge in [0.25, 0.3) is 0 Å². The summed E-state index contributed by atoms with van der Waals surface area (Å²) in [6.45, 7) is 12.7. The number of rotatable bonds is 1. The van der Waals surface area contributed by atoms with Crippen LogP contribution in [0.5, 0.6) is 0 Å². The molecule has 0 spiro atoms. The Bertz CT molecular complexity index is 910. The second-order valence-electron chi connectivity index (χ2n) is 7.59. The lowest BCUT2D eigenvalue weighted by molar-refractivity contribution is 0.0238. The molecule has 26 heavy (non-hydrogen) atoms. The Labute approximate surface area is 152 Å². The average Bonchev–Trinajstić information content (AvgIpc) is 2.51. The zero-order valence-corrected chi connectivity index (χ0v) is 15.6. The fourth-order valence-corrected chi connectivity index (χ4v) is 3.24. The van der Waals surface area contributed by atoms with Gasteiger partial charge in [0.15, 0.2) is 0 Å². The van der Waals surface area contributed by atoms with E-state index in [0.29, 0.717) is 24.4 Å². The van der Waals surface area contributed by atoms with Crippen molar-refractivity contribution in [2.24, 2.45) is 0 Å². The molecule has 1 aliphatic heterocycles. The van der Waals surface area contributed by atoms with Crippen LogP contribution < -0.4 is 10.5 Å². The van der Waals surface area contributed by atoms with Crippen molar-refractivity contribution in [3.63, 3.8) is 0 Å². The predicted octanol–water partition coefficient (Wildman–Crippen LogP) is 3.75. The summed E-state index contributed by atoms with van der Waals surface area (Å²) in [6, 6.07) is 8.69. The zero-order valence-electron chi connectivity index (χ0n) is 15.6. The molecule has 0 unspecified atom stereocenters. The summed E-state index contributed by atoms with van der Waals surface area (Å²) < 4.78 is 10.8. The summed E-state index contributed by atoms with van der Waals surface area (Å²) in [5.41, 5.74) is 1.24. The van der Waals surface area contributed by atoms with Crippen molar-refractivity contribution in [2.45, 2.75) is 39.3 Å². The van der Waals surface area contributed by atoms with Crippen LogP contribution in [0.4, 0.5) is 10.5 Å². The summed E-state index contributed by atoms with van der Waals surface area (Å²) in [5, 5.41) is 0.859. The van der Waals surface area contributed by atoms with Crippen LogP contribution in [-0.2, 0) is 4.74 Å². The minimum atomic E-state index is -0.554. The molecule has 2 aromatic rings. The van der Waals surface area contributed by atoms with Gasteiger partial charge in [-0.15, -0.1) is 0 Å². The molecule has 1 aromatic carbocycles. The van der Waals surface area contributed by atoms with E-state index in [9.17, 15) is 9.59 Å². The normalized spacial score (nSPS) is 18.3. The Kier molecular flexibility index (Phi) is 4.52. The minimum Gasteiger partial charge on any atom is -0.443 e. The second kappa shape index (κ2) is 6.52. The van der Waals surface area contributed by atoms with Gasteiger partial charge in [0.05, 0.1) is 12.6 Å². The van der Waals surface area contributed by atoms with Gasteiger partial charge < -0.3 is 14.1 Å². The fourth-order valence-electron chi connectivity index (χ4n) is 3.24. The van der Waals surface area contributed by atoms with E-state index in [1.54, 1.807) is 17.0 Å². The van der Waals surface area contributed by atoms with Gasteiger partial charge in [-0.05, 0) is 45.9 Å². The topological polar surface area (TPSA) is 63.0 Å². The van der Waals surface area contributed by atoms with Gasteiger partial charge in [0.2, 0.25) is 0 Å². The smallest absolute Gasteiger partial charge is 0.414 e. The van der Waals surface area contributed by atoms with E-state index in [-0.39, 0.29) is 17.8 Å². The summed E-state index contributed by atoms with van der Waals surface area (Å²) in [7, 11) is 0. The monoisotopic (exact) mass is 356 g/mol. The SMILES string of the molecule is C=C1CN(c2cccc3oc(=O)ccc23)C[C@H](C)N1C(=O)OC(C)(C)C. The molecule has 2 heterocycles. The highest BCUT2D eigenvalue weighted by Crippen LogP contribution is 2.30. The first kappa shape index (κ1) is 18.0. The highest BCUT2D eigenvalue weighted by Gasteiger charge is 2.34. The predicted molar refractivity (Wildman–Crippen MR) is 101 cm³/mol. The molecule has 3 rings (SSSR count).